The minimum absolute atomic E-state index is 0.210. The van der Waals surface area contributed by atoms with Gasteiger partial charge in [0.2, 0.25) is 5.91 Å². The number of rotatable bonds is 5. The third-order valence-corrected chi connectivity index (χ3v) is 7.08. The predicted octanol–water partition coefficient (Wildman–Crippen LogP) is 6.00. The fourth-order valence-electron chi connectivity index (χ4n) is 4.36. The van der Waals surface area contributed by atoms with E-state index in [-0.39, 0.29) is 5.91 Å². The van der Waals surface area contributed by atoms with Crippen molar-refractivity contribution in [3.05, 3.63) is 90.5 Å². The standard InChI is InChI=1S/C27H22N4OS/c32-27-6-3-12-31(27)23-9-7-19(8-10-23)21-14-22(16-28-15-21)20-11-13-30(17-20)18-26-29-24-4-1-2-5-25(24)33-26/h1-2,4-5,7-11,13-17H,3,6,12,18H2. The van der Waals surface area contributed by atoms with Crippen molar-refractivity contribution in [1.29, 1.82) is 0 Å². The first kappa shape index (κ1) is 19.9. The molecular weight excluding hydrogens is 428 g/mol. The van der Waals surface area contributed by atoms with Gasteiger partial charge in [-0.05, 0) is 48.4 Å². The van der Waals surface area contributed by atoms with Gasteiger partial charge >= 0.3 is 0 Å². The lowest BCUT2D eigenvalue weighted by Gasteiger charge is -2.16. The van der Waals surface area contributed by atoms with Crippen molar-refractivity contribution in [3.8, 4) is 22.3 Å². The van der Waals surface area contributed by atoms with Gasteiger partial charge in [0.1, 0.15) is 5.01 Å². The number of hydrogen-bond donors (Lipinski definition) is 0. The molecule has 3 aromatic heterocycles. The Labute approximate surface area is 196 Å². The number of fused-ring (bicyclic) bond motifs is 1. The predicted molar refractivity (Wildman–Crippen MR) is 133 cm³/mol. The molecule has 2 aromatic carbocycles. The van der Waals surface area contributed by atoms with E-state index < -0.39 is 0 Å². The lowest BCUT2D eigenvalue weighted by atomic mass is 10.0. The van der Waals surface area contributed by atoms with Gasteiger partial charge in [-0.15, -0.1) is 11.3 Å². The number of carbonyl (C=O) groups excluding carboxylic acids is 1. The number of carbonyl (C=O) groups is 1. The number of nitrogens with zero attached hydrogens (tertiary/aromatic N) is 4. The number of amides is 1. The third kappa shape index (κ3) is 3.94. The molecule has 6 heteroatoms. The fourth-order valence-corrected chi connectivity index (χ4v) is 5.34. The average Bonchev–Trinajstić information content (AvgIpc) is 3.59. The summed E-state index contributed by atoms with van der Waals surface area (Å²) in [5.41, 5.74) is 6.39. The SMILES string of the molecule is O=C1CCCN1c1ccc(-c2cncc(-c3ccn(Cc4nc5ccccc5s4)c3)c2)cc1. The summed E-state index contributed by atoms with van der Waals surface area (Å²) in [4.78, 5) is 23.1. The number of hydrogen-bond acceptors (Lipinski definition) is 4. The second kappa shape index (κ2) is 8.30. The van der Waals surface area contributed by atoms with Gasteiger partial charge in [0.25, 0.3) is 0 Å². The Morgan fingerprint density at radius 1 is 0.909 bits per heavy atom. The van der Waals surface area contributed by atoms with E-state index in [1.165, 1.54) is 4.70 Å². The molecule has 5 nitrogen and oxygen atoms in total. The number of benzene rings is 2. The maximum Gasteiger partial charge on any atom is 0.227 e. The minimum atomic E-state index is 0.210. The molecule has 0 radical (unpaired) electrons. The lowest BCUT2D eigenvalue weighted by Crippen LogP contribution is -2.23. The zero-order valence-electron chi connectivity index (χ0n) is 18.0. The molecule has 0 aliphatic carbocycles. The van der Waals surface area contributed by atoms with Crippen molar-refractivity contribution in [2.45, 2.75) is 19.4 Å². The van der Waals surface area contributed by atoms with Gasteiger partial charge in [-0.1, -0.05) is 24.3 Å². The molecule has 0 N–H and O–H groups in total. The van der Waals surface area contributed by atoms with Gasteiger partial charge < -0.3 is 9.47 Å². The summed E-state index contributed by atoms with van der Waals surface area (Å²) in [5, 5.41) is 1.10. The van der Waals surface area contributed by atoms with Crippen LogP contribution < -0.4 is 4.90 Å². The Balaban J connectivity index is 1.22. The Morgan fingerprint density at radius 2 is 1.73 bits per heavy atom. The van der Waals surface area contributed by atoms with Gasteiger partial charge in [-0.25, -0.2) is 4.98 Å². The molecule has 0 atom stereocenters. The van der Waals surface area contributed by atoms with Crippen LogP contribution in [0.2, 0.25) is 0 Å². The molecule has 0 bridgehead atoms. The maximum absolute atomic E-state index is 12.0. The number of anilines is 1. The van der Waals surface area contributed by atoms with Gasteiger partial charge in [0.15, 0.2) is 0 Å². The highest BCUT2D eigenvalue weighted by molar-refractivity contribution is 7.18. The topological polar surface area (TPSA) is 51.0 Å². The summed E-state index contributed by atoms with van der Waals surface area (Å²) in [5.74, 6) is 0.210. The first-order valence-corrected chi connectivity index (χ1v) is 11.9. The molecule has 1 saturated heterocycles. The molecule has 0 unspecified atom stereocenters. The van der Waals surface area contributed by atoms with Crippen LogP contribution in [0.25, 0.3) is 32.5 Å². The van der Waals surface area contributed by atoms with Crippen molar-refractivity contribution >= 4 is 33.1 Å². The summed E-state index contributed by atoms with van der Waals surface area (Å²) in [7, 11) is 0. The van der Waals surface area contributed by atoms with Crippen LogP contribution >= 0.6 is 11.3 Å². The molecule has 162 valence electrons. The van der Waals surface area contributed by atoms with Gasteiger partial charge in [-0.2, -0.15) is 0 Å². The van der Waals surface area contributed by atoms with Gasteiger partial charge in [0, 0.05) is 60.1 Å². The largest absolute Gasteiger partial charge is 0.347 e. The van der Waals surface area contributed by atoms with E-state index >= 15 is 0 Å². The van der Waals surface area contributed by atoms with E-state index in [0.29, 0.717) is 6.42 Å². The molecule has 1 aliphatic heterocycles. The van der Waals surface area contributed by atoms with E-state index in [0.717, 1.165) is 58.0 Å². The highest BCUT2D eigenvalue weighted by Crippen LogP contribution is 2.29. The van der Waals surface area contributed by atoms with Crippen LogP contribution in [0.3, 0.4) is 0 Å². The molecule has 1 fully saturated rings. The Morgan fingerprint density at radius 3 is 2.52 bits per heavy atom. The van der Waals surface area contributed by atoms with Crippen LogP contribution in [-0.4, -0.2) is 27.0 Å². The first-order valence-electron chi connectivity index (χ1n) is 11.1. The van der Waals surface area contributed by atoms with Crippen molar-refractivity contribution in [2.24, 2.45) is 0 Å². The van der Waals surface area contributed by atoms with Crippen LogP contribution in [0.5, 0.6) is 0 Å². The maximum atomic E-state index is 12.0. The summed E-state index contributed by atoms with van der Waals surface area (Å²) in [6.45, 7) is 1.56. The van der Waals surface area contributed by atoms with Crippen molar-refractivity contribution in [2.75, 3.05) is 11.4 Å². The second-order valence-electron chi connectivity index (χ2n) is 8.31. The quantitative estimate of drug-likeness (QED) is 0.330. The summed E-state index contributed by atoms with van der Waals surface area (Å²) < 4.78 is 3.39. The van der Waals surface area contributed by atoms with Gasteiger partial charge in [0.05, 0.1) is 16.8 Å². The number of thiazole rings is 1. The van der Waals surface area contributed by atoms with Crippen molar-refractivity contribution in [1.82, 2.24) is 14.5 Å². The molecule has 4 heterocycles. The summed E-state index contributed by atoms with van der Waals surface area (Å²) in [6, 6.07) is 20.7. The zero-order chi connectivity index (χ0) is 22.2. The Bertz CT molecular complexity index is 1420. The monoisotopic (exact) mass is 450 g/mol. The molecule has 1 aliphatic rings. The van der Waals surface area contributed by atoms with Crippen LogP contribution in [0.1, 0.15) is 17.8 Å². The smallest absolute Gasteiger partial charge is 0.227 e. The van der Waals surface area contributed by atoms with E-state index in [4.69, 9.17) is 4.98 Å². The third-order valence-electron chi connectivity index (χ3n) is 6.06. The molecule has 0 saturated carbocycles. The van der Waals surface area contributed by atoms with E-state index in [2.05, 4.69) is 64.4 Å². The summed E-state index contributed by atoms with van der Waals surface area (Å²) >= 11 is 1.74. The van der Waals surface area contributed by atoms with E-state index in [1.807, 2.05) is 35.5 Å². The normalized spacial score (nSPS) is 13.8. The zero-order valence-corrected chi connectivity index (χ0v) is 18.8. The van der Waals surface area contributed by atoms with E-state index in [1.54, 1.807) is 11.3 Å². The number of pyridine rings is 1. The molecular formula is C27H22N4OS. The second-order valence-corrected chi connectivity index (χ2v) is 9.42. The van der Waals surface area contributed by atoms with Crippen molar-refractivity contribution < 1.29 is 4.79 Å². The van der Waals surface area contributed by atoms with Gasteiger partial charge in [-0.3, -0.25) is 9.78 Å². The van der Waals surface area contributed by atoms with E-state index in [9.17, 15) is 4.79 Å². The first-order chi connectivity index (χ1) is 16.2. The minimum Gasteiger partial charge on any atom is -0.347 e. The Hall–Kier alpha value is -3.77. The van der Waals surface area contributed by atoms with Crippen LogP contribution in [-0.2, 0) is 11.3 Å². The highest BCUT2D eigenvalue weighted by atomic mass is 32.1. The lowest BCUT2D eigenvalue weighted by molar-refractivity contribution is -0.117. The fraction of sp³-hybridized carbons (Fsp3) is 0.148. The Kier molecular flexibility index (Phi) is 5.00. The molecule has 33 heavy (non-hydrogen) atoms. The highest BCUT2D eigenvalue weighted by Gasteiger charge is 2.21. The average molecular weight is 451 g/mol. The van der Waals surface area contributed by atoms with Crippen molar-refractivity contribution in [3.63, 3.8) is 0 Å². The van der Waals surface area contributed by atoms with Crippen LogP contribution in [0.15, 0.2) is 85.5 Å². The summed E-state index contributed by atoms with van der Waals surface area (Å²) in [6.07, 6.45) is 9.61. The number of para-hydroxylation sites is 1. The van der Waals surface area contributed by atoms with Crippen LogP contribution in [0, 0.1) is 0 Å². The molecule has 5 aromatic rings. The molecule has 1 amide bonds. The molecule has 0 spiro atoms. The number of aromatic nitrogens is 3. The van der Waals surface area contributed by atoms with Crippen LogP contribution in [0.4, 0.5) is 5.69 Å². The molecule has 6 rings (SSSR count).